The Labute approximate surface area is 237 Å². The predicted octanol–water partition coefficient (Wildman–Crippen LogP) is 6.86. The van der Waals surface area contributed by atoms with E-state index in [0.29, 0.717) is 22.0 Å². The van der Waals surface area contributed by atoms with E-state index in [-0.39, 0.29) is 11.5 Å². The number of halogens is 4. The van der Waals surface area contributed by atoms with Gasteiger partial charge in [-0.1, -0.05) is 22.0 Å². The van der Waals surface area contributed by atoms with Crippen LogP contribution in [0, 0.1) is 6.92 Å². The van der Waals surface area contributed by atoms with Gasteiger partial charge in [0, 0.05) is 15.2 Å². The van der Waals surface area contributed by atoms with Crippen molar-refractivity contribution in [2.75, 3.05) is 10.2 Å². The molecule has 1 atom stereocenters. The van der Waals surface area contributed by atoms with E-state index in [4.69, 9.17) is 15.2 Å². The lowest BCUT2D eigenvalue weighted by Gasteiger charge is -2.29. The molecule has 0 spiro atoms. The number of aryl methyl sites for hydroxylation is 1. The van der Waals surface area contributed by atoms with Crippen LogP contribution >= 0.6 is 15.9 Å². The van der Waals surface area contributed by atoms with Crippen molar-refractivity contribution >= 4 is 50.4 Å². The Morgan fingerprint density at radius 2 is 1.52 bits per heavy atom. The molecule has 10 nitrogen and oxygen atoms in total. The number of benzene rings is 1. The highest BCUT2D eigenvalue weighted by molar-refractivity contribution is 9.10. The molecule has 0 radical (unpaired) electrons. The molecular weight excluding hydrogens is 597 g/mol. The van der Waals surface area contributed by atoms with E-state index in [1.54, 1.807) is 60.6 Å². The van der Waals surface area contributed by atoms with Crippen LogP contribution in [-0.2, 0) is 15.7 Å². The predicted molar refractivity (Wildman–Crippen MR) is 147 cm³/mol. The lowest BCUT2D eigenvalue weighted by atomic mass is 10.1. The summed E-state index contributed by atoms with van der Waals surface area (Å²) >= 11 is 3.39. The van der Waals surface area contributed by atoms with Crippen LogP contribution in [0.5, 0.6) is 0 Å². The molecule has 3 rings (SSSR count). The molecule has 14 heteroatoms. The van der Waals surface area contributed by atoms with Gasteiger partial charge < -0.3 is 20.5 Å². The molecule has 3 N–H and O–H groups in total. The van der Waals surface area contributed by atoms with Crippen LogP contribution in [0.2, 0.25) is 0 Å². The molecule has 2 aromatic heterocycles. The van der Waals surface area contributed by atoms with Crippen molar-refractivity contribution in [3.63, 3.8) is 0 Å². The Balaban J connectivity index is 2.13. The summed E-state index contributed by atoms with van der Waals surface area (Å²) in [4.78, 5) is 30.2. The largest absolute Gasteiger partial charge is 0.443 e. The lowest BCUT2D eigenvalue weighted by molar-refractivity contribution is -0.141. The first-order valence-electron chi connectivity index (χ1n) is 12.0. The number of rotatable bonds is 4. The summed E-state index contributed by atoms with van der Waals surface area (Å²) in [5.74, 6) is 0.186. The number of pyridine rings is 1. The minimum absolute atomic E-state index is 0.186. The summed E-state index contributed by atoms with van der Waals surface area (Å²) in [6, 6.07) is 6.98. The van der Waals surface area contributed by atoms with Crippen molar-refractivity contribution in [3.05, 3.63) is 51.9 Å². The van der Waals surface area contributed by atoms with Crippen molar-refractivity contribution < 1.29 is 32.2 Å². The molecule has 0 aliphatic heterocycles. The molecule has 40 heavy (non-hydrogen) atoms. The molecule has 0 aliphatic rings. The van der Waals surface area contributed by atoms with Gasteiger partial charge >= 0.3 is 18.4 Å². The Kier molecular flexibility index (Phi) is 8.65. The Hall–Kier alpha value is -3.52. The summed E-state index contributed by atoms with van der Waals surface area (Å²) in [6.45, 7) is 11.0. The van der Waals surface area contributed by atoms with Gasteiger partial charge in [0.25, 0.3) is 0 Å². The number of aromatic nitrogens is 3. The average Bonchev–Trinajstić information content (AvgIpc) is 2.77. The van der Waals surface area contributed by atoms with Gasteiger partial charge in [-0.05, 0) is 72.7 Å². The maximum atomic E-state index is 13.9. The van der Waals surface area contributed by atoms with Crippen molar-refractivity contribution in [1.82, 2.24) is 15.2 Å². The monoisotopic (exact) mass is 626 g/mol. The molecule has 0 bridgehead atoms. The number of anilines is 2. The van der Waals surface area contributed by atoms with Crippen LogP contribution in [0.4, 0.5) is 34.3 Å². The summed E-state index contributed by atoms with van der Waals surface area (Å²) < 4.78 is 53.1. The van der Waals surface area contributed by atoms with Crippen LogP contribution in [-0.4, -0.2) is 38.6 Å². The van der Waals surface area contributed by atoms with Gasteiger partial charge in [-0.25, -0.2) is 14.6 Å². The molecule has 0 aliphatic carbocycles. The minimum Gasteiger partial charge on any atom is -0.443 e. The maximum Gasteiger partial charge on any atom is 0.433 e. The number of fused-ring (bicyclic) bond motifs is 1. The zero-order valence-corrected chi connectivity index (χ0v) is 24.6. The number of carbonyl (C=O) groups is 2. The van der Waals surface area contributed by atoms with Gasteiger partial charge in [0.1, 0.15) is 23.1 Å². The number of nitrogens with two attached hydrogens (primary N) is 1. The zero-order valence-electron chi connectivity index (χ0n) is 23.0. The third kappa shape index (κ3) is 7.78. The first-order chi connectivity index (χ1) is 18.2. The fraction of sp³-hybridized carbons (Fsp3) is 0.423. The molecule has 0 fully saturated rings. The van der Waals surface area contributed by atoms with Gasteiger partial charge in [-0.3, -0.25) is 0 Å². The Morgan fingerprint density at radius 3 is 2.05 bits per heavy atom. The number of amides is 2. The highest BCUT2D eigenvalue weighted by atomic mass is 79.9. The number of nitrogens with one attached hydrogen (secondary N) is 1. The highest BCUT2D eigenvalue weighted by Crippen LogP contribution is 2.34. The van der Waals surface area contributed by atoms with E-state index in [2.05, 4.69) is 36.4 Å². The van der Waals surface area contributed by atoms with Gasteiger partial charge in [0.15, 0.2) is 5.82 Å². The molecule has 0 unspecified atom stereocenters. The average molecular weight is 627 g/mol. The topological polar surface area (TPSA) is 133 Å². The number of hydrogen-bond acceptors (Lipinski definition) is 9. The standard InChI is InChI=1S/C26H30BrF3N6O4/c1-13-16-9-8-14(27)10-17(16)21(35-34-13)33-20(31)18-11-15(12-19(32-18)26(28,29)30)36(22(37)39-24(2,3)4)23(38)40-25(5,6)7/h8-12,20H,31H2,1-7H3,(H,33,35)/t20-/m0/s1. The number of alkyl halides is 3. The Bertz CT molecular complexity index is 1410. The highest BCUT2D eigenvalue weighted by Gasteiger charge is 2.38. The molecule has 0 saturated carbocycles. The number of imide groups is 1. The number of hydrogen-bond donors (Lipinski definition) is 2. The van der Waals surface area contributed by atoms with Crippen LogP contribution < -0.4 is 16.0 Å². The normalized spacial score (nSPS) is 13.1. The molecule has 2 heterocycles. The smallest absolute Gasteiger partial charge is 0.433 e. The van der Waals surface area contributed by atoms with Crippen LogP contribution in [0.1, 0.15) is 64.8 Å². The third-order valence-electron chi connectivity index (χ3n) is 5.07. The first-order valence-corrected chi connectivity index (χ1v) is 12.8. The Morgan fingerprint density at radius 1 is 0.950 bits per heavy atom. The summed E-state index contributed by atoms with van der Waals surface area (Å²) in [7, 11) is 0. The lowest BCUT2D eigenvalue weighted by Crippen LogP contribution is -2.44. The van der Waals surface area contributed by atoms with E-state index < -0.39 is 47.1 Å². The van der Waals surface area contributed by atoms with E-state index in [0.717, 1.165) is 15.9 Å². The maximum absolute atomic E-state index is 13.9. The van der Waals surface area contributed by atoms with Crippen molar-refractivity contribution in [2.45, 2.75) is 72.0 Å². The van der Waals surface area contributed by atoms with E-state index in [1.165, 1.54) is 0 Å². The molecule has 3 aromatic rings. The summed E-state index contributed by atoms with van der Waals surface area (Å²) in [5.41, 5.74) is 2.52. The SMILES string of the molecule is Cc1nnc(N[C@H](N)c2cc(N(C(=O)OC(C)(C)C)C(=O)OC(C)(C)C)cc(C(F)(F)F)n2)c2cc(Br)ccc12. The van der Waals surface area contributed by atoms with Crippen LogP contribution in [0.3, 0.4) is 0 Å². The van der Waals surface area contributed by atoms with Gasteiger partial charge in [0.05, 0.1) is 17.1 Å². The molecular formula is C26H30BrF3N6O4. The first kappa shape index (κ1) is 31.0. The molecule has 216 valence electrons. The van der Waals surface area contributed by atoms with E-state index in [1.807, 2.05) is 6.07 Å². The molecule has 0 saturated heterocycles. The second-order valence-electron chi connectivity index (χ2n) is 10.9. The van der Waals surface area contributed by atoms with Crippen LogP contribution in [0.15, 0.2) is 34.8 Å². The second kappa shape index (κ2) is 11.2. The van der Waals surface area contributed by atoms with Gasteiger partial charge in [-0.15, -0.1) is 5.10 Å². The molecule has 2 amide bonds. The zero-order chi connectivity index (χ0) is 30.2. The fourth-order valence-electron chi connectivity index (χ4n) is 3.46. The minimum atomic E-state index is -4.95. The van der Waals surface area contributed by atoms with Crippen molar-refractivity contribution in [3.8, 4) is 0 Å². The van der Waals surface area contributed by atoms with Crippen molar-refractivity contribution in [1.29, 1.82) is 0 Å². The fourth-order valence-corrected chi connectivity index (χ4v) is 3.82. The van der Waals surface area contributed by atoms with Gasteiger partial charge in [0.2, 0.25) is 0 Å². The van der Waals surface area contributed by atoms with Crippen LogP contribution in [0.25, 0.3) is 10.8 Å². The van der Waals surface area contributed by atoms with Gasteiger partial charge in [-0.2, -0.15) is 23.2 Å². The second-order valence-corrected chi connectivity index (χ2v) is 11.8. The number of ether oxygens (including phenoxy) is 2. The summed E-state index contributed by atoms with van der Waals surface area (Å²) in [6.07, 6.45) is -8.79. The number of nitrogens with zero attached hydrogens (tertiary/aromatic N) is 4. The van der Waals surface area contributed by atoms with E-state index >= 15 is 0 Å². The van der Waals surface area contributed by atoms with E-state index in [9.17, 15) is 22.8 Å². The third-order valence-corrected chi connectivity index (χ3v) is 5.56. The summed E-state index contributed by atoms with van der Waals surface area (Å²) in [5, 5.41) is 12.4. The molecule has 1 aromatic carbocycles. The quantitative estimate of drug-likeness (QED) is 0.298. The van der Waals surface area contributed by atoms with Crippen molar-refractivity contribution in [2.24, 2.45) is 5.73 Å². The number of carbonyl (C=O) groups excluding carboxylic acids is 2.